The first kappa shape index (κ1) is 16.1. The minimum Gasteiger partial charge on any atom is -0.469 e. The van der Waals surface area contributed by atoms with Gasteiger partial charge in [0.1, 0.15) is 5.76 Å². The lowest BCUT2D eigenvalue weighted by atomic mass is 9.74. The standard InChI is InChI=1S/C17H28N2O2/c1-3-8-17(9-11-18-12-10-17)16(20)19-14(2)6-7-15-5-4-13-21-15/h4-5,13-14,18H,3,6-12H2,1-2H3,(H,19,20). The van der Waals surface area contributed by atoms with Crippen LogP contribution in [-0.4, -0.2) is 25.0 Å². The smallest absolute Gasteiger partial charge is 0.226 e. The molecule has 118 valence electrons. The maximum absolute atomic E-state index is 12.7. The van der Waals surface area contributed by atoms with E-state index in [0.29, 0.717) is 0 Å². The second kappa shape index (κ2) is 7.64. The van der Waals surface area contributed by atoms with Gasteiger partial charge in [0.25, 0.3) is 0 Å². The molecule has 0 aromatic carbocycles. The maximum Gasteiger partial charge on any atom is 0.226 e. The summed E-state index contributed by atoms with van der Waals surface area (Å²) in [5, 5.41) is 6.59. The van der Waals surface area contributed by atoms with E-state index in [1.54, 1.807) is 6.26 Å². The van der Waals surface area contributed by atoms with E-state index >= 15 is 0 Å². The highest BCUT2D eigenvalue weighted by atomic mass is 16.3. The first-order valence-corrected chi connectivity index (χ1v) is 8.20. The molecule has 1 aromatic rings. The van der Waals surface area contributed by atoms with E-state index in [1.807, 2.05) is 12.1 Å². The molecule has 1 saturated heterocycles. The number of hydrogen-bond acceptors (Lipinski definition) is 3. The van der Waals surface area contributed by atoms with Gasteiger partial charge in [-0.25, -0.2) is 0 Å². The van der Waals surface area contributed by atoms with Gasteiger partial charge < -0.3 is 15.1 Å². The van der Waals surface area contributed by atoms with Crippen LogP contribution in [0.1, 0.15) is 51.7 Å². The topological polar surface area (TPSA) is 54.3 Å². The van der Waals surface area contributed by atoms with Crippen LogP contribution in [0.5, 0.6) is 0 Å². The highest BCUT2D eigenvalue weighted by molar-refractivity contribution is 5.83. The largest absolute Gasteiger partial charge is 0.469 e. The first-order valence-electron chi connectivity index (χ1n) is 8.20. The zero-order chi connectivity index (χ0) is 15.1. The van der Waals surface area contributed by atoms with Crippen LogP contribution in [0.3, 0.4) is 0 Å². The Hall–Kier alpha value is -1.29. The van der Waals surface area contributed by atoms with Crippen molar-refractivity contribution in [1.29, 1.82) is 0 Å². The lowest BCUT2D eigenvalue weighted by Gasteiger charge is -2.37. The number of aryl methyl sites for hydroxylation is 1. The number of amides is 1. The molecule has 2 heterocycles. The third-order valence-electron chi connectivity index (χ3n) is 4.55. The Labute approximate surface area is 127 Å². The van der Waals surface area contributed by atoms with Crippen molar-refractivity contribution < 1.29 is 9.21 Å². The van der Waals surface area contributed by atoms with Gasteiger partial charge in [-0.1, -0.05) is 13.3 Å². The van der Waals surface area contributed by atoms with Gasteiger partial charge in [0.2, 0.25) is 5.91 Å². The highest BCUT2D eigenvalue weighted by Crippen LogP contribution is 2.34. The zero-order valence-corrected chi connectivity index (χ0v) is 13.3. The number of furan rings is 1. The van der Waals surface area contributed by atoms with Crippen LogP contribution < -0.4 is 10.6 Å². The Bertz CT molecular complexity index is 416. The summed E-state index contributed by atoms with van der Waals surface area (Å²) in [6.45, 7) is 6.15. The average molecular weight is 292 g/mol. The second-order valence-electron chi connectivity index (χ2n) is 6.27. The van der Waals surface area contributed by atoms with Gasteiger partial charge in [-0.3, -0.25) is 4.79 Å². The van der Waals surface area contributed by atoms with Crippen molar-refractivity contribution in [3.8, 4) is 0 Å². The average Bonchev–Trinajstić information content (AvgIpc) is 3.00. The zero-order valence-electron chi connectivity index (χ0n) is 13.3. The minimum atomic E-state index is -0.154. The van der Waals surface area contributed by atoms with Crippen molar-refractivity contribution in [2.75, 3.05) is 13.1 Å². The van der Waals surface area contributed by atoms with Crippen molar-refractivity contribution in [3.05, 3.63) is 24.2 Å². The SMILES string of the molecule is CCCC1(C(=O)NC(C)CCc2ccco2)CCNCC1. The number of piperidine rings is 1. The van der Waals surface area contributed by atoms with Gasteiger partial charge in [0.05, 0.1) is 11.7 Å². The first-order chi connectivity index (χ1) is 10.2. The normalized spacial score (nSPS) is 19.1. The van der Waals surface area contributed by atoms with Crippen LogP contribution in [0.4, 0.5) is 0 Å². The third-order valence-corrected chi connectivity index (χ3v) is 4.55. The number of carbonyl (C=O) groups excluding carboxylic acids is 1. The molecule has 0 spiro atoms. The van der Waals surface area contributed by atoms with E-state index in [4.69, 9.17) is 4.42 Å². The molecule has 1 aliphatic rings. The quantitative estimate of drug-likeness (QED) is 0.812. The van der Waals surface area contributed by atoms with Gasteiger partial charge in [-0.2, -0.15) is 0 Å². The number of nitrogens with one attached hydrogen (secondary N) is 2. The molecule has 1 atom stereocenters. The molecule has 4 nitrogen and oxygen atoms in total. The molecule has 1 amide bonds. The molecule has 1 aromatic heterocycles. The molecule has 1 aliphatic heterocycles. The number of rotatable bonds is 7. The van der Waals surface area contributed by atoms with E-state index in [-0.39, 0.29) is 17.4 Å². The van der Waals surface area contributed by atoms with Crippen molar-refractivity contribution in [2.24, 2.45) is 5.41 Å². The highest BCUT2D eigenvalue weighted by Gasteiger charge is 2.38. The van der Waals surface area contributed by atoms with Crippen molar-refractivity contribution in [2.45, 2.75) is 58.4 Å². The second-order valence-corrected chi connectivity index (χ2v) is 6.27. The number of carbonyl (C=O) groups is 1. The molecule has 0 bridgehead atoms. The fraction of sp³-hybridized carbons (Fsp3) is 0.706. The summed E-state index contributed by atoms with van der Waals surface area (Å²) in [5.41, 5.74) is -0.154. The molecule has 4 heteroatoms. The molecule has 2 N–H and O–H groups in total. The molecule has 2 rings (SSSR count). The molecule has 1 unspecified atom stereocenters. The van der Waals surface area contributed by atoms with Crippen molar-refractivity contribution in [1.82, 2.24) is 10.6 Å². The predicted octanol–water partition coefficient (Wildman–Crippen LogP) is 2.89. The fourth-order valence-electron chi connectivity index (χ4n) is 3.24. The van der Waals surface area contributed by atoms with Crippen molar-refractivity contribution in [3.63, 3.8) is 0 Å². The Morgan fingerprint density at radius 2 is 2.24 bits per heavy atom. The van der Waals surface area contributed by atoms with E-state index in [2.05, 4.69) is 24.5 Å². The molecule has 0 aliphatic carbocycles. The van der Waals surface area contributed by atoms with Crippen LogP contribution in [0.15, 0.2) is 22.8 Å². The van der Waals surface area contributed by atoms with Crippen LogP contribution in [0, 0.1) is 5.41 Å². The van der Waals surface area contributed by atoms with Crippen LogP contribution in [-0.2, 0) is 11.2 Å². The van der Waals surface area contributed by atoms with E-state index in [0.717, 1.165) is 57.4 Å². The molecular weight excluding hydrogens is 264 g/mol. The Balaban J connectivity index is 1.85. The van der Waals surface area contributed by atoms with Gasteiger partial charge in [-0.15, -0.1) is 0 Å². The Kier molecular flexibility index (Phi) is 5.85. The van der Waals surface area contributed by atoms with Crippen LogP contribution >= 0.6 is 0 Å². The summed E-state index contributed by atoms with van der Waals surface area (Å²) in [7, 11) is 0. The molecule has 0 saturated carbocycles. The molecule has 1 fully saturated rings. The monoisotopic (exact) mass is 292 g/mol. The van der Waals surface area contributed by atoms with E-state index in [9.17, 15) is 4.79 Å². The summed E-state index contributed by atoms with van der Waals surface area (Å²) in [6.07, 6.45) is 7.45. The summed E-state index contributed by atoms with van der Waals surface area (Å²) in [4.78, 5) is 12.7. The molecule has 21 heavy (non-hydrogen) atoms. The number of hydrogen-bond donors (Lipinski definition) is 2. The van der Waals surface area contributed by atoms with Gasteiger partial charge >= 0.3 is 0 Å². The van der Waals surface area contributed by atoms with Gasteiger partial charge in [0, 0.05) is 12.5 Å². The lowest BCUT2D eigenvalue weighted by Crippen LogP contribution is -2.49. The van der Waals surface area contributed by atoms with Crippen molar-refractivity contribution >= 4 is 5.91 Å². The van der Waals surface area contributed by atoms with E-state index in [1.165, 1.54) is 0 Å². The Morgan fingerprint density at radius 1 is 1.48 bits per heavy atom. The van der Waals surface area contributed by atoms with E-state index < -0.39 is 0 Å². The summed E-state index contributed by atoms with van der Waals surface area (Å²) in [6, 6.07) is 4.08. The predicted molar refractivity (Wildman–Crippen MR) is 84.1 cm³/mol. The summed E-state index contributed by atoms with van der Waals surface area (Å²) in [5.74, 6) is 1.24. The molecule has 0 radical (unpaired) electrons. The summed E-state index contributed by atoms with van der Waals surface area (Å²) < 4.78 is 5.34. The summed E-state index contributed by atoms with van der Waals surface area (Å²) >= 11 is 0. The van der Waals surface area contributed by atoms with Gasteiger partial charge in [0.15, 0.2) is 0 Å². The maximum atomic E-state index is 12.7. The third kappa shape index (κ3) is 4.34. The molecular formula is C17H28N2O2. The van der Waals surface area contributed by atoms with Crippen LogP contribution in [0.2, 0.25) is 0 Å². The Morgan fingerprint density at radius 3 is 2.86 bits per heavy atom. The van der Waals surface area contributed by atoms with Crippen LogP contribution in [0.25, 0.3) is 0 Å². The van der Waals surface area contributed by atoms with Gasteiger partial charge in [-0.05, 0) is 57.8 Å². The fourth-order valence-corrected chi connectivity index (χ4v) is 3.24. The minimum absolute atomic E-state index is 0.154. The lowest BCUT2D eigenvalue weighted by molar-refractivity contribution is -0.133.